The minimum Gasteiger partial charge on any atom is -0.481 e. The van der Waals surface area contributed by atoms with Crippen LogP contribution in [-0.2, 0) is 15.1 Å². The molecule has 0 saturated carbocycles. The van der Waals surface area contributed by atoms with Crippen molar-refractivity contribution in [2.75, 3.05) is 27.3 Å². The molecule has 3 aromatic heterocycles. The third-order valence-electron chi connectivity index (χ3n) is 7.43. The molecule has 0 N–H and O–H groups in total. The van der Waals surface area contributed by atoms with Gasteiger partial charge in [-0.2, -0.15) is 0 Å². The molecule has 0 atom stereocenters. The molecule has 2 aromatic carbocycles. The van der Waals surface area contributed by atoms with E-state index >= 15 is 0 Å². The molecule has 6 rings (SSSR count). The highest BCUT2D eigenvalue weighted by Crippen LogP contribution is 2.34. The highest BCUT2D eigenvalue weighted by Gasteiger charge is 2.46. The molecule has 5 aromatic rings. The average molecular weight is 601 g/mol. The van der Waals surface area contributed by atoms with Crippen LogP contribution in [0.1, 0.15) is 23.3 Å². The zero-order chi connectivity index (χ0) is 27.9. The predicted molar refractivity (Wildman–Crippen MR) is 152 cm³/mol. The molecule has 202 valence electrons. The maximum Gasteiger partial charge on any atom is 0.334 e. The number of esters is 1. The monoisotopic (exact) mass is 600 g/mol. The first-order chi connectivity index (χ1) is 19.4. The van der Waals surface area contributed by atoms with E-state index in [1.165, 1.54) is 14.2 Å². The number of fused-ring (bicyclic) bond motifs is 2. The van der Waals surface area contributed by atoms with Crippen molar-refractivity contribution < 1.29 is 19.1 Å². The molecule has 40 heavy (non-hydrogen) atoms. The zero-order valence-corrected chi connectivity index (χ0v) is 23.5. The Balaban J connectivity index is 1.26. The van der Waals surface area contributed by atoms with Crippen LogP contribution in [-0.4, -0.2) is 69.0 Å². The smallest absolute Gasteiger partial charge is 0.334 e. The van der Waals surface area contributed by atoms with Crippen LogP contribution in [0.4, 0.5) is 0 Å². The molecule has 1 aliphatic heterocycles. The molecular formula is C29H25BrN6O4. The molecule has 1 fully saturated rings. The van der Waals surface area contributed by atoms with Crippen LogP contribution in [0.3, 0.4) is 0 Å². The van der Waals surface area contributed by atoms with Crippen LogP contribution in [0.2, 0.25) is 0 Å². The van der Waals surface area contributed by atoms with Crippen molar-refractivity contribution in [1.82, 2.24) is 29.9 Å². The van der Waals surface area contributed by atoms with Gasteiger partial charge in [-0.3, -0.25) is 9.78 Å². The lowest BCUT2D eigenvalue weighted by molar-refractivity contribution is -0.154. The fourth-order valence-corrected chi connectivity index (χ4v) is 5.59. The third kappa shape index (κ3) is 4.45. The molecule has 0 spiro atoms. The van der Waals surface area contributed by atoms with Crippen LogP contribution in [0.15, 0.2) is 71.5 Å². The molecular weight excluding hydrogens is 576 g/mol. The van der Waals surface area contributed by atoms with E-state index < -0.39 is 11.5 Å². The summed E-state index contributed by atoms with van der Waals surface area (Å²) in [5.74, 6) is -0.284. The Morgan fingerprint density at radius 2 is 1.80 bits per heavy atom. The number of pyridine rings is 2. The third-order valence-corrected chi connectivity index (χ3v) is 7.93. The summed E-state index contributed by atoms with van der Waals surface area (Å²) in [4.78, 5) is 37.3. The van der Waals surface area contributed by atoms with Crippen molar-refractivity contribution in [3.05, 3.63) is 77.2 Å². The fraction of sp³-hybridized carbons (Fsp3) is 0.241. The van der Waals surface area contributed by atoms with Crippen LogP contribution in [0.25, 0.3) is 32.9 Å². The lowest BCUT2D eigenvalue weighted by atomic mass is 9.87. The van der Waals surface area contributed by atoms with E-state index in [4.69, 9.17) is 9.47 Å². The van der Waals surface area contributed by atoms with Crippen LogP contribution < -0.4 is 4.74 Å². The summed E-state index contributed by atoms with van der Waals surface area (Å²) in [6, 6.07) is 17.3. The fourth-order valence-electron chi connectivity index (χ4n) is 5.23. The normalized spacial score (nSPS) is 14.8. The van der Waals surface area contributed by atoms with Crippen LogP contribution in [0.5, 0.6) is 5.88 Å². The quantitative estimate of drug-likeness (QED) is 0.269. The van der Waals surface area contributed by atoms with Crippen molar-refractivity contribution in [3.8, 4) is 17.1 Å². The molecule has 1 amide bonds. The molecule has 11 heteroatoms. The van der Waals surface area contributed by atoms with E-state index in [0.717, 1.165) is 31.7 Å². The highest BCUT2D eigenvalue weighted by atomic mass is 79.9. The van der Waals surface area contributed by atoms with E-state index in [0.29, 0.717) is 37.5 Å². The van der Waals surface area contributed by atoms with Gasteiger partial charge in [-0.15, -0.1) is 5.10 Å². The number of methoxy groups -OCH3 is 2. The summed E-state index contributed by atoms with van der Waals surface area (Å²) in [6.07, 6.45) is 4.10. The maximum atomic E-state index is 13.5. The zero-order valence-electron chi connectivity index (χ0n) is 21.9. The van der Waals surface area contributed by atoms with Gasteiger partial charge >= 0.3 is 5.97 Å². The standard InChI is InChI=1S/C29H25BrN6O4/c1-39-26-22-15-21(30)8-7-18(22)14-24(32-26)27(37)35-11-9-29(10-12-35,28(38)40-2)36-17-25(33-34-36)20-13-19-5-3-4-6-23(19)31-16-20/h3-8,13-17H,9-12H2,1-2H3. The van der Waals surface area contributed by atoms with Gasteiger partial charge in [0.1, 0.15) is 11.4 Å². The molecule has 4 heterocycles. The van der Waals surface area contributed by atoms with Gasteiger partial charge in [0.25, 0.3) is 5.91 Å². The number of carbonyl (C=O) groups is 2. The second kappa shape index (κ2) is 10.3. The number of amides is 1. The van der Waals surface area contributed by atoms with Crippen molar-refractivity contribution in [2.45, 2.75) is 18.4 Å². The number of aromatic nitrogens is 5. The molecule has 0 aliphatic carbocycles. The Kier molecular flexibility index (Phi) is 6.67. The van der Waals surface area contributed by atoms with Gasteiger partial charge in [0, 0.05) is 52.9 Å². The Morgan fingerprint density at radius 1 is 1.00 bits per heavy atom. The summed E-state index contributed by atoms with van der Waals surface area (Å²) in [5, 5.41) is 11.3. The first-order valence-corrected chi connectivity index (χ1v) is 13.5. The lowest BCUT2D eigenvalue weighted by Gasteiger charge is -2.39. The van der Waals surface area contributed by atoms with Crippen molar-refractivity contribution >= 4 is 49.5 Å². The number of benzene rings is 2. The number of hydrogen-bond donors (Lipinski definition) is 0. The highest BCUT2D eigenvalue weighted by molar-refractivity contribution is 9.10. The Hall–Kier alpha value is -4.38. The predicted octanol–water partition coefficient (Wildman–Crippen LogP) is 4.62. The van der Waals surface area contributed by atoms with Gasteiger partial charge < -0.3 is 14.4 Å². The second-order valence-electron chi connectivity index (χ2n) is 9.66. The SMILES string of the molecule is COC(=O)C1(n2cc(-c3cnc4ccccc4c3)nn2)CCN(C(=O)c2cc3ccc(Br)cc3c(OC)n2)CC1. The first-order valence-electron chi connectivity index (χ1n) is 12.7. The number of rotatable bonds is 5. The number of halogens is 1. The lowest BCUT2D eigenvalue weighted by Crippen LogP contribution is -2.53. The Bertz CT molecular complexity index is 1760. The van der Waals surface area contributed by atoms with Gasteiger partial charge in [0.05, 0.1) is 25.9 Å². The molecule has 1 saturated heterocycles. The number of likely N-dealkylation sites (tertiary alicyclic amines) is 1. The number of carbonyl (C=O) groups excluding carboxylic acids is 2. The Labute approximate surface area is 238 Å². The first kappa shape index (κ1) is 25.9. The van der Waals surface area contributed by atoms with Crippen molar-refractivity contribution in [2.24, 2.45) is 0 Å². The summed E-state index contributed by atoms with van der Waals surface area (Å²) in [5.41, 5.74) is 1.46. The molecule has 0 radical (unpaired) electrons. The van der Waals surface area contributed by atoms with E-state index in [2.05, 4.69) is 36.2 Å². The molecule has 1 aliphatic rings. The molecule has 10 nitrogen and oxygen atoms in total. The van der Waals surface area contributed by atoms with Gasteiger partial charge in [-0.1, -0.05) is 45.4 Å². The van der Waals surface area contributed by atoms with Gasteiger partial charge in [0.2, 0.25) is 5.88 Å². The summed E-state index contributed by atoms with van der Waals surface area (Å²) < 4.78 is 13.1. The number of hydrogen-bond acceptors (Lipinski definition) is 8. The largest absolute Gasteiger partial charge is 0.481 e. The number of nitrogens with zero attached hydrogens (tertiary/aromatic N) is 6. The van der Waals surface area contributed by atoms with Crippen molar-refractivity contribution in [3.63, 3.8) is 0 Å². The van der Waals surface area contributed by atoms with Gasteiger partial charge in [-0.05, 0) is 35.7 Å². The number of ether oxygens (including phenoxy) is 2. The van der Waals surface area contributed by atoms with Crippen molar-refractivity contribution in [1.29, 1.82) is 0 Å². The van der Waals surface area contributed by atoms with E-state index in [1.807, 2.05) is 48.5 Å². The van der Waals surface area contributed by atoms with E-state index in [9.17, 15) is 9.59 Å². The summed E-state index contributed by atoms with van der Waals surface area (Å²) >= 11 is 3.47. The maximum absolute atomic E-state index is 13.5. The van der Waals surface area contributed by atoms with Gasteiger partial charge in [0.15, 0.2) is 5.54 Å². The number of para-hydroxylation sites is 1. The molecule has 0 unspecified atom stereocenters. The number of piperidine rings is 1. The van der Waals surface area contributed by atoms with Gasteiger partial charge in [-0.25, -0.2) is 14.5 Å². The van der Waals surface area contributed by atoms with E-state index in [-0.39, 0.29) is 11.6 Å². The minimum atomic E-state index is -1.10. The topological polar surface area (TPSA) is 112 Å². The summed E-state index contributed by atoms with van der Waals surface area (Å²) in [6.45, 7) is 0.617. The van der Waals surface area contributed by atoms with Crippen LogP contribution in [0, 0.1) is 0 Å². The van der Waals surface area contributed by atoms with E-state index in [1.54, 1.807) is 28.0 Å². The average Bonchev–Trinajstić information content (AvgIpc) is 3.50. The summed E-state index contributed by atoms with van der Waals surface area (Å²) in [7, 11) is 2.89. The molecule has 0 bridgehead atoms. The van der Waals surface area contributed by atoms with Crippen LogP contribution >= 0.6 is 15.9 Å². The second-order valence-corrected chi connectivity index (χ2v) is 10.6. The minimum absolute atomic E-state index is 0.233. The Morgan fingerprint density at radius 3 is 2.58 bits per heavy atom.